The number of aryl methyl sites for hydroxylation is 2. The van der Waals surface area contributed by atoms with E-state index >= 15 is 0 Å². The van der Waals surface area contributed by atoms with Gasteiger partial charge in [-0.2, -0.15) is 0 Å². The summed E-state index contributed by atoms with van der Waals surface area (Å²) in [6, 6.07) is 0. The number of aromatic nitrogens is 2. The number of carbonyl (C=O) groups excluding carboxylic acids is 1. The van der Waals surface area contributed by atoms with Gasteiger partial charge in [0.25, 0.3) is 0 Å². The third-order valence-electron chi connectivity index (χ3n) is 4.99. The zero-order valence-electron chi connectivity index (χ0n) is 16.5. The van der Waals surface area contributed by atoms with E-state index in [0.29, 0.717) is 12.3 Å². The molecule has 1 aliphatic heterocycles. The average Bonchev–Trinajstić information content (AvgIpc) is 3.06. The van der Waals surface area contributed by atoms with Gasteiger partial charge in [0.2, 0.25) is 5.91 Å². The number of aliphatic imine (C=N–C) groups is 1. The van der Waals surface area contributed by atoms with Gasteiger partial charge >= 0.3 is 0 Å². The van der Waals surface area contributed by atoms with Crippen LogP contribution in [0.2, 0.25) is 0 Å². The number of guanidine groups is 1. The lowest BCUT2D eigenvalue weighted by atomic mass is 9.93. The number of imidazole rings is 1. The molecule has 0 saturated carbocycles. The second-order valence-electron chi connectivity index (χ2n) is 6.92. The number of amides is 1. The summed E-state index contributed by atoms with van der Waals surface area (Å²) < 4.78 is 2.19. The van der Waals surface area contributed by atoms with Gasteiger partial charge in [0, 0.05) is 58.6 Å². The number of nitrogens with one attached hydrogen (secondary N) is 2. The van der Waals surface area contributed by atoms with Gasteiger partial charge in [-0.05, 0) is 45.4 Å². The summed E-state index contributed by atoms with van der Waals surface area (Å²) in [6.07, 6.45) is 8.81. The van der Waals surface area contributed by atoms with Crippen LogP contribution in [0.15, 0.2) is 17.4 Å². The number of nitrogens with zero attached hydrogens (tertiary/aromatic N) is 4. The normalized spacial score (nSPS) is 16.0. The van der Waals surface area contributed by atoms with Gasteiger partial charge in [0.15, 0.2) is 5.96 Å². The van der Waals surface area contributed by atoms with Crippen molar-refractivity contribution < 1.29 is 4.79 Å². The number of hydrogen-bond acceptors (Lipinski definition) is 3. The Hall–Kier alpha value is -2.05. The molecule has 0 atom stereocenters. The lowest BCUT2D eigenvalue weighted by Crippen LogP contribution is -2.46. The zero-order chi connectivity index (χ0) is 18.8. The Labute approximate surface area is 157 Å². The lowest BCUT2D eigenvalue weighted by Gasteiger charge is -2.34. The summed E-state index contributed by atoms with van der Waals surface area (Å²) in [6.45, 7) is 8.82. The molecule has 7 heteroatoms. The molecule has 0 radical (unpaired) electrons. The molecule has 0 spiro atoms. The monoisotopic (exact) mass is 362 g/mol. The Morgan fingerprint density at radius 3 is 2.73 bits per heavy atom. The lowest BCUT2D eigenvalue weighted by molar-refractivity contribution is -0.121. The predicted octanol–water partition coefficient (Wildman–Crippen LogP) is 1.79. The van der Waals surface area contributed by atoms with Crippen LogP contribution in [0.5, 0.6) is 0 Å². The maximum absolute atomic E-state index is 11.5. The van der Waals surface area contributed by atoms with Gasteiger partial charge in [0.1, 0.15) is 5.82 Å². The van der Waals surface area contributed by atoms with Gasteiger partial charge < -0.3 is 20.1 Å². The standard InChI is InChI=1S/C19H34N6O/c1-4-21-19(23-9-5-6-11-24-14-10-22-16(24)2)25-12-7-17(8-13-25)15-18(26)20-3/h10,14,17H,4-9,11-13,15H2,1-3H3,(H,20,26)(H,21,23). The summed E-state index contributed by atoms with van der Waals surface area (Å²) >= 11 is 0. The molecule has 1 saturated heterocycles. The molecule has 7 nitrogen and oxygen atoms in total. The minimum Gasteiger partial charge on any atom is -0.359 e. The largest absolute Gasteiger partial charge is 0.359 e. The summed E-state index contributed by atoms with van der Waals surface area (Å²) in [5, 5.41) is 6.14. The van der Waals surface area contributed by atoms with E-state index in [0.717, 1.165) is 70.2 Å². The van der Waals surface area contributed by atoms with E-state index in [9.17, 15) is 4.79 Å². The first-order valence-corrected chi connectivity index (χ1v) is 9.85. The van der Waals surface area contributed by atoms with Crippen LogP contribution in [-0.2, 0) is 11.3 Å². The van der Waals surface area contributed by atoms with Crippen molar-refractivity contribution in [1.29, 1.82) is 0 Å². The Kier molecular flexibility index (Phi) is 8.44. The van der Waals surface area contributed by atoms with Crippen molar-refractivity contribution in [3.8, 4) is 0 Å². The van der Waals surface area contributed by atoms with Crippen LogP contribution in [0, 0.1) is 12.8 Å². The minimum absolute atomic E-state index is 0.150. The smallest absolute Gasteiger partial charge is 0.220 e. The van der Waals surface area contributed by atoms with E-state index in [1.165, 1.54) is 0 Å². The fraction of sp³-hybridized carbons (Fsp3) is 0.737. The molecule has 2 heterocycles. The van der Waals surface area contributed by atoms with Crippen molar-refractivity contribution in [3.63, 3.8) is 0 Å². The average molecular weight is 363 g/mol. The molecule has 0 unspecified atom stereocenters. The molecular formula is C19H34N6O. The Morgan fingerprint density at radius 1 is 1.35 bits per heavy atom. The summed E-state index contributed by atoms with van der Waals surface area (Å²) in [5.74, 6) is 2.73. The fourth-order valence-corrected chi connectivity index (χ4v) is 3.36. The van der Waals surface area contributed by atoms with E-state index in [-0.39, 0.29) is 5.91 Å². The van der Waals surface area contributed by atoms with Crippen molar-refractivity contribution in [2.24, 2.45) is 10.9 Å². The quantitative estimate of drug-likeness (QED) is 0.420. The van der Waals surface area contributed by atoms with E-state index in [4.69, 9.17) is 4.99 Å². The molecule has 1 aromatic heterocycles. The van der Waals surface area contributed by atoms with Crippen LogP contribution in [0.4, 0.5) is 0 Å². The van der Waals surface area contributed by atoms with Crippen molar-refractivity contribution in [3.05, 3.63) is 18.2 Å². The van der Waals surface area contributed by atoms with Gasteiger partial charge in [-0.3, -0.25) is 9.79 Å². The van der Waals surface area contributed by atoms with Crippen LogP contribution in [0.25, 0.3) is 0 Å². The molecule has 1 aromatic rings. The third kappa shape index (κ3) is 6.35. The van der Waals surface area contributed by atoms with Gasteiger partial charge in [-0.15, -0.1) is 0 Å². The number of carbonyl (C=O) groups is 1. The highest BCUT2D eigenvalue weighted by Crippen LogP contribution is 2.20. The van der Waals surface area contributed by atoms with Crippen molar-refractivity contribution in [2.75, 3.05) is 33.2 Å². The first-order chi connectivity index (χ1) is 12.6. The van der Waals surface area contributed by atoms with E-state index in [2.05, 4.69) is 32.0 Å². The SMILES string of the molecule is CCNC(=NCCCCn1ccnc1C)N1CCC(CC(=O)NC)CC1. The molecule has 0 aliphatic carbocycles. The van der Waals surface area contributed by atoms with E-state index in [1.807, 2.05) is 19.3 Å². The van der Waals surface area contributed by atoms with E-state index < -0.39 is 0 Å². The third-order valence-corrected chi connectivity index (χ3v) is 4.99. The predicted molar refractivity (Wildman–Crippen MR) is 105 cm³/mol. The number of piperidine rings is 1. The maximum atomic E-state index is 11.5. The van der Waals surface area contributed by atoms with Crippen LogP contribution >= 0.6 is 0 Å². The molecule has 146 valence electrons. The molecule has 0 bridgehead atoms. The van der Waals surface area contributed by atoms with Crippen LogP contribution in [0.1, 0.15) is 44.9 Å². The molecule has 1 amide bonds. The number of unbranched alkanes of at least 4 members (excludes halogenated alkanes) is 1. The van der Waals surface area contributed by atoms with Crippen molar-refractivity contribution in [2.45, 2.75) is 52.5 Å². The van der Waals surface area contributed by atoms with Gasteiger partial charge in [-0.1, -0.05) is 0 Å². The maximum Gasteiger partial charge on any atom is 0.220 e. The first kappa shape index (κ1) is 20.3. The number of likely N-dealkylation sites (tertiary alicyclic amines) is 1. The molecule has 2 N–H and O–H groups in total. The molecule has 1 fully saturated rings. The van der Waals surface area contributed by atoms with Crippen LogP contribution < -0.4 is 10.6 Å². The van der Waals surface area contributed by atoms with Crippen molar-refractivity contribution >= 4 is 11.9 Å². The number of hydrogen-bond donors (Lipinski definition) is 2. The summed E-state index contributed by atoms with van der Waals surface area (Å²) in [7, 11) is 1.71. The Morgan fingerprint density at radius 2 is 2.12 bits per heavy atom. The van der Waals surface area contributed by atoms with E-state index in [1.54, 1.807) is 7.05 Å². The second-order valence-corrected chi connectivity index (χ2v) is 6.92. The molecule has 1 aliphatic rings. The van der Waals surface area contributed by atoms with Crippen LogP contribution in [-0.4, -0.2) is 59.5 Å². The highest BCUT2D eigenvalue weighted by molar-refractivity contribution is 5.80. The molecular weight excluding hydrogens is 328 g/mol. The Balaban J connectivity index is 1.74. The van der Waals surface area contributed by atoms with Gasteiger partial charge in [0.05, 0.1) is 0 Å². The molecule has 26 heavy (non-hydrogen) atoms. The zero-order valence-corrected chi connectivity index (χ0v) is 16.5. The van der Waals surface area contributed by atoms with Gasteiger partial charge in [-0.25, -0.2) is 4.98 Å². The second kappa shape index (κ2) is 10.8. The molecule has 0 aromatic carbocycles. The summed E-state index contributed by atoms with van der Waals surface area (Å²) in [5.41, 5.74) is 0. The fourth-order valence-electron chi connectivity index (χ4n) is 3.36. The minimum atomic E-state index is 0.150. The highest BCUT2D eigenvalue weighted by Gasteiger charge is 2.22. The number of rotatable bonds is 8. The summed E-state index contributed by atoms with van der Waals surface area (Å²) in [4.78, 5) is 22.9. The van der Waals surface area contributed by atoms with Crippen molar-refractivity contribution in [1.82, 2.24) is 25.1 Å². The first-order valence-electron chi connectivity index (χ1n) is 9.85. The molecule has 2 rings (SSSR count). The Bertz CT molecular complexity index is 574. The van der Waals surface area contributed by atoms with Crippen LogP contribution in [0.3, 0.4) is 0 Å². The topological polar surface area (TPSA) is 74.5 Å². The highest BCUT2D eigenvalue weighted by atomic mass is 16.1.